The van der Waals surface area contributed by atoms with Gasteiger partial charge in [-0.05, 0) is 37.6 Å². The van der Waals surface area contributed by atoms with Gasteiger partial charge in [0.25, 0.3) is 0 Å². The maximum Gasteiger partial charge on any atom is 0.00793 e. The Morgan fingerprint density at radius 2 is 2.00 bits per heavy atom. The fourth-order valence-corrected chi connectivity index (χ4v) is 3.21. The lowest BCUT2D eigenvalue weighted by Gasteiger charge is -2.32. The normalized spacial score (nSPS) is 38.4. The molecule has 2 N–H and O–H groups in total. The SMILES string of the molecule is CCC1CCN(CC2CCCCC2N)C1. The summed E-state index contributed by atoms with van der Waals surface area (Å²) in [5.41, 5.74) is 6.20. The van der Waals surface area contributed by atoms with Crippen molar-refractivity contribution in [3.8, 4) is 0 Å². The van der Waals surface area contributed by atoms with E-state index in [1.54, 1.807) is 0 Å². The lowest BCUT2D eigenvalue weighted by molar-refractivity contribution is 0.206. The van der Waals surface area contributed by atoms with Gasteiger partial charge in [-0.3, -0.25) is 0 Å². The molecule has 1 aliphatic heterocycles. The van der Waals surface area contributed by atoms with Crippen LogP contribution in [0.1, 0.15) is 45.4 Å². The molecule has 15 heavy (non-hydrogen) atoms. The minimum absolute atomic E-state index is 0.486. The summed E-state index contributed by atoms with van der Waals surface area (Å²) >= 11 is 0. The van der Waals surface area contributed by atoms with Crippen molar-refractivity contribution in [3.63, 3.8) is 0 Å². The standard InChI is InChI=1S/C13H26N2/c1-2-11-7-8-15(9-11)10-12-5-3-4-6-13(12)14/h11-13H,2-10,14H2,1H3. The molecule has 0 spiro atoms. The first-order valence-corrected chi connectivity index (χ1v) is 6.77. The van der Waals surface area contributed by atoms with Crippen molar-refractivity contribution in [1.29, 1.82) is 0 Å². The molecule has 3 atom stereocenters. The Hall–Kier alpha value is -0.0800. The summed E-state index contributed by atoms with van der Waals surface area (Å²) < 4.78 is 0. The molecule has 0 amide bonds. The second-order valence-electron chi connectivity index (χ2n) is 5.53. The summed E-state index contributed by atoms with van der Waals surface area (Å²) in [5, 5.41) is 0. The molecule has 2 aliphatic rings. The molecule has 1 heterocycles. The predicted molar refractivity (Wildman–Crippen MR) is 64.8 cm³/mol. The van der Waals surface area contributed by atoms with Crippen LogP contribution in [0.15, 0.2) is 0 Å². The van der Waals surface area contributed by atoms with Crippen LogP contribution in [0, 0.1) is 11.8 Å². The lowest BCUT2D eigenvalue weighted by Crippen LogP contribution is -2.40. The van der Waals surface area contributed by atoms with E-state index in [1.165, 1.54) is 58.2 Å². The Kier molecular flexibility index (Phi) is 4.04. The molecule has 2 fully saturated rings. The Labute approximate surface area is 94.2 Å². The Morgan fingerprint density at radius 1 is 1.20 bits per heavy atom. The largest absolute Gasteiger partial charge is 0.327 e. The van der Waals surface area contributed by atoms with Gasteiger partial charge in [0, 0.05) is 19.1 Å². The van der Waals surface area contributed by atoms with Gasteiger partial charge in [0.1, 0.15) is 0 Å². The van der Waals surface area contributed by atoms with Crippen LogP contribution >= 0.6 is 0 Å². The molecule has 1 saturated heterocycles. The molecule has 0 bridgehead atoms. The fraction of sp³-hybridized carbons (Fsp3) is 1.00. The smallest absolute Gasteiger partial charge is 0.00793 e. The highest BCUT2D eigenvalue weighted by Gasteiger charge is 2.27. The van der Waals surface area contributed by atoms with Crippen molar-refractivity contribution >= 4 is 0 Å². The quantitative estimate of drug-likeness (QED) is 0.774. The van der Waals surface area contributed by atoms with Gasteiger partial charge in [-0.25, -0.2) is 0 Å². The van der Waals surface area contributed by atoms with Gasteiger partial charge >= 0.3 is 0 Å². The third-order valence-corrected chi connectivity index (χ3v) is 4.41. The molecule has 0 aromatic heterocycles. The van der Waals surface area contributed by atoms with Crippen molar-refractivity contribution in [2.45, 2.75) is 51.5 Å². The number of nitrogens with two attached hydrogens (primary N) is 1. The van der Waals surface area contributed by atoms with Crippen LogP contribution in [0.2, 0.25) is 0 Å². The average molecular weight is 210 g/mol. The molecule has 2 rings (SSSR count). The highest BCUT2D eigenvalue weighted by molar-refractivity contribution is 4.83. The van der Waals surface area contributed by atoms with Crippen LogP contribution in [0.25, 0.3) is 0 Å². The summed E-state index contributed by atoms with van der Waals surface area (Å²) in [7, 11) is 0. The molecule has 1 saturated carbocycles. The molecule has 3 unspecified atom stereocenters. The third kappa shape index (κ3) is 2.94. The lowest BCUT2D eigenvalue weighted by atomic mass is 9.85. The highest BCUT2D eigenvalue weighted by atomic mass is 15.1. The zero-order valence-corrected chi connectivity index (χ0v) is 10.1. The van der Waals surface area contributed by atoms with Crippen molar-refractivity contribution in [2.24, 2.45) is 17.6 Å². The van der Waals surface area contributed by atoms with E-state index in [-0.39, 0.29) is 0 Å². The molecule has 2 nitrogen and oxygen atoms in total. The Balaban J connectivity index is 1.76. The van der Waals surface area contributed by atoms with Crippen LogP contribution in [-0.4, -0.2) is 30.6 Å². The second kappa shape index (κ2) is 5.31. The van der Waals surface area contributed by atoms with Crippen molar-refractivity contribution < 1.29 is 0 Å². The van der Waals surface area contributed by atoms with Crippen LogP contribution in [0.3, 0.4) is 0 Å². The maximum atomic E-state index is 6.20. The summed E-state index contributed by atoms with van der Waals surface area (Å²) in [6.45, 7) is 6.25. The molecule has 0 radical (unpaired) electrons. The topological polar surface area (TPSA) is 29.3 Å². The Bertz CT molecular complexity index is 193. The van der Waals surface area contributed by atoms with Crippen molar-refractivity contribution in [3.05, 3.63) is 0 Å². The first kappa shape index (κ1) is 11.4. The first-order chi connectivity index (χ1) is 7.29. The van der Waals surface area contributed by atoms with E-state index in [0.717, 1.165) is 11.8 Å². The molecule has 1 aliphatic carbocycles. The van der Waals surface area contributed by atoms with Crippen LogP contribution in [0.5, 0.6) is 0 Å². The summed E-state index contributed by atoms with van der Waals surface area (Å²) in [4.78, 5) is 2.66. The summed E-state index contributed by atoms with van der Waals surface area (Å²) in [5.74, 6) is 1.75. The van der Waals surface area contributed by atoms with Gasteiger partial charge < -0.3 is 10.6 Å². The van der Waals surface area contributed by atoms with Gasteiger partial charge in [0.15, 0.2) is 0 Å². The van der Waals surface area contributed by atoms with E-state index < -0.39 is 0 Å². The number of hydrogen-bond acceptors (Lipinski definition) is 2. The van der Waals surface area contributed by atoms with E-state index in [0.29, 0.717) is 6.04 Å². The van der Waals surface area contributed by atoms with Gasteiger partial charge in [-0.1, -0.05) is 26.2 Å². The Morgan fingerprint density at radius 3 is 2.67 bits per heavy atom. The van der Waals surface area contributed by atoms with Crippen LogP contribution in [0.4, 0.5) is 0 Å². The predicted octanol–water partition coefficient (Wildman–Crippen LogP) is 2.24. The number of likely N-dealkylation sites (tertiary alicyclic amines) is 1. The highest BCUT2D eigenvalue weighted by Crippen LogP contribution is 2.26. The van der Waals surface area contributed by atoms with E-state index in [4.69, 9.17) is 5.73 Å². The average Bonchev–Trinajstić information content (AvgIpc) is 2.69. The van der Waals surface area contributed by atoms with Gasteiger partial charge in [-0.2, -0.15) is 0 Å². The van der Waals surface area contributed by atoms with Gasteiger partial charge in [0.05, 0.1) is 0 Å². The zero-order chi connectivity index (χ0) is 10.7. The second-order valence-corrected chi connectivity index (χ2v) is 5.53. The van der Waals surface area contributed by atoms with Crippen molar-refractivity contribution in [2.75, 3.05) is 19.6 Å². The third-order valence-electron chi connectivity index (χ3n) is 4.41. The monoisotopic (exact) mass is 210 g/mol. The number of rotatable bonds is 3. The molecule has 2 heteroatoms. The molecular formula is C13H26N2. The van der Waals surface area contributed by atoms with Gasteiger partial charge in [-0.15, -0.1) is 0 Å². The number of hydrogen-bond donors (Lipinski definition) is 1. The maximum absolute atomic E-state index is 6.20. The zero-order valence-electron chi connectivity index (χ0n) is 10.1. The van der Waals surface area contributed by atoms with E-state index in [1.807, 2.05) is 0 Å². The van der Waals surface area contributed by atoms with E-state index >= 15 is 0 Å². The first-order valence-electron chi connectivity index (χ1n) is 6.77. The summed E-state index contributed by atoms with van der Waals surface area (Å²) in [6.07, 6.45) is 8.16. The minimum atomic E-state index is 0.486. The van der Waals surface area contributed by atoms with Crippen molar-refractivity contribution in [1.82, 2.24) is 4.90 Å². The molecule has 0 aromatic carbocycles. The minimum Gasteiger partial charge on any atom is -0.327 e. The van der Waals surface area contributed by atoms with Crippen LogP contribution < -0.4 is 5.73 Å². The number of nitrogens with zero attached hydrogens (tertiary/aromatic N) is 1. The van der Waals surface area contributed by atoms with Gasteiger partial charge in [0.2, 0.25) is 0 Å². The summed E-state index contributed by atoms with van der Waals surface area (Å²) in [6, 6.07) is 0.486. The molecule has 0 aromatic rings. The van der Waals surface area contributed by atoms with E-state index in [9.17, 15) is 0 Å². The molecule has 88 valence electrons. The van der Waals surface area contributed by atoms with Crippen LogP contribution in [-0.2, 0) is 0 Å². The fourth-order valence-electron chi connectivity index (χ4n) is 3.21. The van der Waals surface area contributed by atoms with E-state index in [2.05, 4.69) is 11.8 Å². The molecular weight excluding hydrogens is 184 g/mol.